The van der Waals surface area contributed by atoms with Crippen molar-refractivity contribution in [1.82, 2.24) is 4.98 Å². The van der Waals surface area contributed by atoms with Gasteiger partial charge in [0.05, 0.1) is 5.52 Å². The fourth-order valence-electron chi connectivity index (χ4n) is 4.14. The molecule has 0 fully saturated rings. The van der Waals surface area contributed by atoms with Crippen molar-refractivity contribution >= 4 is 34.2 Å². The van der Waals surface area contributed by atoms with Gasteiger partial charge in [-0.15, -0.1) is 0 Å². The minimum atomic E-state index is 0.198. The largest absolute Gasteiger partial charge is 0.384 e. The Morgan fingerprint density at radius 1 is 1.00 bits per heavy atom. The van der Waals surface area contributed by atoms with Gasteiger partial charge in [0.25, 0.3) is 0 Å². The highest BCUT2D eigenvalue weighted by molar-refractivity contribution is 6.31. The predicted octanol–water partition coefficient (Wildman–Crippen LogP) is 5.18. The summed E-state index contributed by atoms with van der Waals surface area (Å²) in [7, 11) is 0. The normalized spacial score (nSPS) is 13.3. The molecule has 2 aromatic rings. The Morgan fingerprint density at radius 2 is 1.72 bits per heavy atom. The molecule has 5 N–H and O–H groups in total. The molecule has 0 saturated heterocycles. The molecule has 29 heavy (non-hydrogen) atoms. The Morgan fingerprint density at radius 3 is 2.52 bits per heavy atom. The number of nitrogens with zero attached hydrogens (tertiary/aromatic N) is 2. The van der Waals surface area contributed by atoms with Gasteiger partial charge in [0.2, 0.25) is 0 Å². The summed E-state index contributed by atoms with van der Waals surface area (Å²) in [6, 6.07) is 6.08. The molecule has 158 valence electrons. The first-order chi connectivity index (χ1) is 14.1. The maximum atomic E-state index is 6.21. The zero-order chi connectivity index (χ0) is 20.5. The van der Waals surface area contributed by atoms with E-state index >= 15 is 0 Å². The summed E-state index contributed by atoms with van der Waals surface area (Å²) in [6.07, 6.45) is 13.3. The van der Waals surface area contributed by atoms with Crippen molar-refractivity contribution in [3.8, 4) is 0 Å². The molecule has 1 aromatic heterocycles. The van der Waals surface area contributed by atoms with Gasteiger partial charge in [-0.25, -0.2) is 0 Å². The second-order valence-electron chi connectivity index (χ2n) is 7.99. The van der Waals surface area contributed by atoms with E-state index in [9.17, 15) is 0 Å². The van der Waals surface area contributed by atoms with Gasteiger partial charge in [0.1, 0.15) is 0 Å². The van der Waals surface area contributed by atoms with E-state index in [-0.39, 0.29) is 5.96 Å². The number of nitrogens with two attached hydrogens (primary N) is 2. The number of hydrogen-bond donors (Lipinski definition) is 3. The Kier molecular flexibility index (Phi) is 8.41. The lowest BCUT2D eigenvalue weighted by molar-refractivity contribution is 0.588. The third kappa shape index (κ3) is 6.49. The summed E-state index contributed by atoms with van der Waals surface area (Å²) in [6.45, 7) is 1.76. The van der Waals surface area contributed by atoms with Crippen LogP contribution >= 0.6 is 11.6 Å². The fourth-order valence-corrected chi connectivity index (χ4v) is 4.31. The van der Waals surface area contributed by atoms with E-state index in [2.05, 4.69) is 16.4 Å². The number of guanidine groups is 1. The Hall–Kier alpha value is -2.01. The number of hydrogen-bond acceptors (Lipinski definition) is 3. The van der Waals surface area contributed by atoms with Crippen LogP contribution in [-0.2, 0) is 12.8 Å². The molecule has 0 amide bonds. The Bertz CT molecular complexity index is 830. The summed E-state index contributed by atoms with van der Waals surface area (Å²) < 4.78 is 0. The van der Waals surface area contributed by atoms with Crippen LogP contribution in [0.3, 0.4) is 0 Å². The first-order valence-corrected chi connectivity index (χ1v) is 11.4. The zero-order valence-corrected chi connectivity index (χ0v) is 18.1. The number of nitrogens with one attached hydrogen (secondary N) is 1. The van der Waals surface area contributed by atoms with Crippen molar-refractivity contribution < 1.29 is 0 Å². The highest BCUT2D eigenvalue weighted by Gasteiger charge is 2.18. The van der Waals surface area contributed by atoms with E-state index in [1.54, 1.807) is 0 Å². The lowest BCUT2D eigenvalue weighted by Gasteiger charge is -2.22. The number of pyridine rings is 1. The molecule has 5 nitrogen and oxygen atoms in total. The van der Waals surface area contributed by atoms with Gasteiger partial charge in [0.15, 0.2) is 5.96 Å². The van der Waals surface area contributed by atoms with Crippen molar-refractivity contribution in [3.63, 3.8) is 0 Å². The number of benzene rings is 1. The molecule has 1 aliphatic carbocycles. The van der Waals surface area contributed by atoms with Gasteiger partial charge in [-0.3, -0.25) is 9.98 Å². The number of rotatable bonds is 11. The molecule has 0 atom stereocenters. The summed E-state index contributed by atoms with van der Waals surface area (Å²) >= 11 is 6.21. The molecule has 0 spiro atoms. The minimum Gasteiger partial charge on any atom is -0.384 e. The van der Waals surface area contributed by atoms with Crippen LogP contribution in [-0.4, -0.2) is 24.0 Å². The first kappa shape index (κ1) is 21.7. The first-order valence-electron chi connectivity index (χ1n) is 11.1. The monoisotopic (exact) mass is 415 g/mol. The van der Waals surface area contributed by atoms with Crippen LogP contribution in [0, 0.1) is 0 Å². The predicted molar refractivity (Wildman–Crippen MR) is 125 cm³/mol. The standard InChI is InChI=1S/C23H34ClN5/c24-17-12-13-19-21(16-17)29-20-11-7-6-10-18(20)22(19)27-14-8-4-2-1-3-5-9-15-28-23(25)26/h12-13,16H,1-11,14-15H2,(H,27,29)(H4,25,26,28). The van der Waals surface area contributed by atoms with E-state index in [1.165, 1.54) is 73.7 Å². The van der Waals surface area contributed by atoms with E-state index in [0.717, 1.165) is 42.9 Å². The highest BCUT2D eigenvalue weighted by Crippen LogP contribution is 2.34. The number of anilines is 1. The van der Waals surface area contributed by atoms with Crippen molar-refractivity contribution in [2.24, 2.45) is 16.5 Å². The van der Waals surface area contributed by atoms with E-state index in [0.29, 0.717) is 0 Å². The molecule has 1 aromatic carbocycles. The smallest absolute Gasteiger partial charge is 0.185 e. The zero-order valence-electron chi connectivity index (χ0n) is 17.4. The number of aromatic nitrogens is 1. The topological polar surface area (TPSA) is 89.3 Å². The van der Waals surface area contributed by atoms with Crippen molar-refractivity contribution in [3.05, 3.63) is 34.5 Å². The van der Waals surface area contributed by atoms with E-state index < -0.39 is 0 Å². The third-order valence-electron chi connectivity index (χ3n) is 5.66. The molecule has 1 heterocycles. The van der Waals surface area contributed by atoms with Crippen LogP contribution in [0.25, 0.3) is 10.9 Å². The van der Waals surface area contributed by atoms with E-state index in [1.807, 2.05) is 12.1 Å². The van der Waals surface area contributed by atoms with Gasteiger partial charge in [-0.2, -0.15) is 0 Å². The van der Waals surface area contributed by atoms with Gasteiger partial charge in [-0.05, 0) is 62.3 Å². The van der Waals surface area contributed by atoms with Crippen LogP contribution < -0.4 is 16.8 Å². The summed E-state index contributed by atoms with van der Waals surface area (Å²) in [5.41, 5.74) is 15.7. The van der Waals surface area contributed by atoms with Gasteiger partial charge < -0.3 is 16.8 Å². The SMILES string of the molecule is NC(N)=NCCCCCCCCCNc1c2c(nc3cc(Cl)ccc13)CCCC2. The van der Waals surface area contributed by atoms with Crippen LogP contribution in [0.1, 0.15) is 69.0 Å². The summed E-state index contributed by atoms with van der Waals surface area (Å²) in [4.78, 5) is 8.92. The van der Waals surface area contributed by atoms with Crippen molar-refractivity contribution in [1.29, 1.82) is 0 Å². The lowest BCUT2D eigenvalue weighted by atomic mass is 9.92. The van der Waals surface area contributed by atoms with Crippen LogP contribution in [0.2, 0.25) is 5.02 Å². The van der Waals surface area contributed by atoms with Crippen molar-refractivity contribution in [2.45, 2.75) is 70.6 Å². The van der Waals surface area contributed by atoms with Crippen LogP contribution in [0.4, 0.5) is 5.69 Å². The molecule has 3 rings (SSSR count). The number of aryl methyl sites for hydroxylation is 1. The number of fused-ring (bicyclic) bond motifs is 2. The van der Waals surface area contributed by atoms with Crippen LogP contribution in [0.5, 0.6) is 0 Å². The van der Waals surface area contributed by atoms with Crippen LogP contribution in [0.15, 0.2) is 23.2 Å². The highest BCUT2D eigenvalue weighted by atomic mass is 35.5. The molecule has 0 aliphatic heterocycles. The third-order valence-corrected chi connectivity index (χ3v) is 5.89. The number of halogens is 1. The van der Waals surface area contributed by atoms with Crippen molar-refractivity contribution in [2.75, 3.05) is 18.4 Å². The second-order valence-corrected chi connectivity index (χ2v) is 8.43. The molecule has 0 bridgehead atoms. The summed E-state index contributed by atoms with van der Waals surface area (Å²) in [5.74, 6) is 0.198. The lowest BCUT2D eigenvalue weighted by Crippen LogP contribution is -2.22. The maximum Gasteiger partial charge on any atom is 0.185 e. The molecule has 0 saturated carbocycles. The molecule has 0 radical (unpaired) electrons. The van der Waals surface area contributed by atoms with E-state index in [4.69, 9.17) is 28.1 Å². The molecule has 0 unspecified atom stereocenters. The molecular formula is C23H34ClN5. The van der Waals surface area contributed by atoms with Gasteiger partial charge >= 0.3 is 0 Å². The Labute approximate surface area is 179 Å². The minimum absolute atomic E-state index is 0.198. The van der Waals surface area contributed by atoms with Gasteiger partial charge in [-0.1, -0.05) is 43.7 Å². The van der Waals surface area contributed by atoms with Gasteiger partial charge in [0, 0.05) is 34.9 Å². The quantitative estimate of drug-likeness (QED) is 0.268. The fraction of sp³-hybridized carbons (Fsp3) is 0.565. The summed E-state index contributed by atoms with van der Waals surface area (Å²) in [5, 5.41) is 5.70. The number of aliphatic imine (C=N–C) groups is 1. The molecule has 1 aliphatic rings. The molecule has 6 heteroatoms. The average molecular weight is 416 g/mol. The second kappa shape index (κ2) is 11.2. The average Bonchev–Trinajstić information content (AvgIpc) is 2.70. The Balaban J connectivity index is 1.44. The number of unbranched alkanes of at least 4 members (excludes halogenated alkanes) is 6. The molecular weight excluding hydrogens is 382 g/mol. The maximum absolute atomic E-state index is 6.21.